The molecule has 1 N–H and O–H groups in total. The van der Waals surface area contributed by atoms with Crippen molar-refractivity contribution in [2.45, 2.75) is 18.2 Å². The summed E-state index contributed by atoms with van der Waals surface area (Å²) in [6.45, 7) is 1.87. The molecule has 176 valence electrons. The van der Waals surface area contributed by atoms with E-state index in [2.05, 4.69) is 20.5 Å². The van der Waals surface area contributed by atoms with Gasteiger partial charge >= 0.3 is 0 Å². The third-order valence-corrected chi connectivity index (χ3v) is 7.19. The van der Waals surface area contributed by atoms with Crippen LogP contribution in [0.5, 0.6) is 5.75 Å². The first-order valence-electron chi connectivity index (χ1n) is 9.95. The average molecular weight is 555 g/mol. The fourth-order valence-corrected chi connectivity index (χ4v) is 5.17. The summed E-state index contributed by atoms with van der Waals surface area (Å²) in [5.41, 5.74) is 1.42. The largest absolute Gasteiger partial charge is 0.483 e. The van der Waals surface area contributed by atoms with E-state index >= 15 is 0 Å². The van der Waals surface area contributed by atoms with E-state index in [-0.39, 0.29) is 17.8 Å². The van der Waals surface area contributed by atoms with Gasteiger partial charge in [-0.15, -0.1) is 21.5 Å². The van der Waals surface area contributed by atoms with Crippen LogP contribution in [0.15, 0.2) is 53.0 Å². The number of halogens is 3. The lowest BCUT2D eigenvalue weighted by Gasteiger charge is -2.14. The molecule has 2 heterocycles. The monoisotopic (exact) mass is 553 g/mol. The van der Waals surface area contributed by atoms with Gasteiger partial charge in [0.2, 0.25) is 5.91 Å². The first kappa shape index (κ1) is 24.8. The molecule has 2 aromatic heterocycles. The molecule has 4 aromatic rings. The molecule has 0 saturated carbocycles. The Labute approximate surface area is 219 Å². The highest BCUT2D eigenvalue weighted by atomic mass is 35.5. The van der Waals surface area contributed by atoms with Crippen LogP contribution < -0.4 is 10.1 Å². The number of carbonyl (C=O) groups excluding carboxylic acids is 1. The van der Waals surface area contributed by atoms with Gasteiger partial charge in [-0.05, 0) is 43.3 Å². The van der Waals surface area contributed by atoms with E-state index in [0.717, 1.165) is 5.56 Å². The average Bonchev–Trinajstić information content (AvgIpc) is 3.38. The van der Waals surface area contributed by atoms with Crippen LogP contribution in [0.25, 0.3) is 11.3 Å². The lowest BCUT2D eigenvalue weighted by atomic mass is 10.2. The number of aromatic nitrogens is 4. The maximum Gasteiger partial charge on any atom is 0.236 e. The summed E-state index contributed by atoms with van der Waals surface area (Å²) in [6, 6.07) is 12.3. The Bertz CT molecular complexity index is 1330. The molecule has 0 bridgehead atoms. The molecule has 34 heavy (non-hydrogen) atoms. The van der Waals surface area contributed by atoms with Gasteiger partial charge in [0.25, 0.3) is 0 Å². The van der Waals surface area contributed by atoms with Crippen molar-refractivity contribution in [2.24, 2.45) is 7.05 Å². The second-order valence-electron chi connectivity index (χ2n) is 7.12. The molecule has 0 saturated heterocycles. The van der Waals surface area contributed by atoms with Crippen molar-refractivity contribution < 1.29 is 9.53 Å². The summed E-state index contributed by atoms with van der Waals surface area (Å²) >= 11 is 20.8. The molecule has 1 atom stereocenters. The van der Waals surface area contributed by atoms with Crippen LogP contribution in [-0.2, 0) is 11.8 Å². The summed E-state index contributed by atoms with van der Waals surface area (Å²) in [6.07, 6.45) is -0.354. The van der Waals surface area contributed by atoms with Gasteiger partial charge in [-0.2, -0.15) is 0 Å². The van der Waals surface area contributed by atoms with Gasteiger partial charge in [-0.25, -0.2) is 4.98 Å². The molecule has 7 nitrogen and oxygen atoms in total. The Morgan fingerprint density at radius 2 is 1.97 bits per heavy atom. The summed E-state index contributed by atoms with van der Waals surface area (Å²) in [7, 11) is 1.83. The van der Waals surface area contributed by atoms with Crippen molar-refractivity contribution >= 4 is 68.9 Å². The highest BCUT2D eigenvalue weighted by Gasteiger charge is 2.19. The third-order valence-electron chi connectivity index (χ3n) is 4.63. The van der Waals surface area contributed by atoms with Gasteiger partial charge in [0.1, 0.15) is 5.75 Å². The quantitative estimate of drug-likeness (QED) is 0.242. The van der Waals surface area contributed by atoms with Crippen molar-refractivity contribution in [3.8, 4) is 17.0 Å². The number of thioether (sulfide) groups is 1. The first-order valence-corrected chi connectivity index (χ1v) is 12.9. The minimum Gasteiger partial charge on any atom is -0.483 e. The smallest absolute Gasteiger partial charge is 0.236 e. The molecule has 0 spiro atoms. The molecule has 0 radical (unpaired) electrons. The number of rotatable bonds is 8. The second kappa shape index (κ2) is 11.0. The van der Waals surface area contributed by atoms with Gasteiger partial charge in [0, 0.05) is 28.0 Å². The van der Waals surface area contributed by atoms with E-state index in [4.69, 9.17) is 39.5 Å². The number of hydrogen-bond donors (Lipinski definition) is 1. The second-order valence-corrected chi connectivity index (χ2v) is 10.2. The van der Waals surface area contributed by atoms with E-state index in [1.165, 1.54) is 23.1 Å². The van der Waals surface area contributed by atoms with Crippen LogP contribution in [0.3, 0.4) is 0 Å². The minimum absolute atomic E-state index is 0.145. The fraction of sp³-hybridized carbons (Fsp3) is 0.182. The zero-order chi connectivity index (χ0) is 24.2. The third kappa shape index (κ3) is 6.03. The Morgan fingerprint density at radius 1 is 1.18 bits per heavy atom. The highest BCUT2D eigenvalue weighted by Crippen LogP contribution is 2.32. The van der Waals surface area contributed by atoms with Gasteiger partial charge in [-0.1, -0.05) is 52.6 Å². The molecular formula is C22H18Cl3N5O2S2. The molecular weight excluding hydrogens is 537 g/mol. The van der Waals surface area contributed by atoms with Crippen molar-refractivity contribution in [3.05, 3.63) is 68.7 Å². The molecule has 1 unspecified atom stereocenters. The minimum atomic E-state index is -0.354. The van der Waals surface area contributed by atoms with E-state index in [9.17, 15) is 4.79 Å². The van der Waals surface area contributed by atoms with E-state index < -0.39 is 0 Å². The fourth-order valence-electron chi connectivity index (χ4n) is 3.04. The molecule has 12 heteroatoms. The van der Waals surface area contributed by atoms with E-state index in [1.54, 1.807) is 34.9 Å². The normalized spacial score (nSPS) is 11.9. The maximum atomic E-state index is 12.5. The standard InChI is InChI=1S/C22H18Cl3N5O2S2/c1-12(32-15-5-3-4-13(23)8-15)20-28-29-22(30(20)2)34-11-19(31)27-21-26-18(10-33-21)16-7-6-14(24)9-17(16)25/h3-10,12H,11H2,1-2H3,(H,26,27,31). The zero-order valence-corrected chi connectivity index (χ0v) is 21.9. The van der Waals surface area contributed by atoms with Crippen molar-refractivity contribution in [2.75, 3.05) is 11.1 Å². The van der Waals surface area contributed by atoms with Gasteiger partial charge in [-0.3, -0.25) is 4.79 Å². The molecule has 2 aromatic carbocycles. The number of thiazole rings is 1. The number of ether oxygens (including phenoxy) is 1. The summed E-state index contributed by atoms with van der Waals surface area (Å²) < 4.78 is 7.72. The first-order chi connectivity index (χ1) is 16.3. The number of nitrogens with one attached hydrogen (secondary N) is 1. The highest BCUT2D eigenvalue weighted by molar-refractivity contribution is 7.99. The number of carbonyl (C=O) groups is 1. The van der Waals surface area contributed by atoms with Gasteiger partial charge < -0.3 is 14.6 Å². The number of nitrogens with zero attached hydrogens (tertiary/aromatic N) is 4. The van der Waals surface area contributed by atoms with Crippen LogP contribution in [0.1, 0.15) is 18.9 Å². The van der Waals surface area contributed by atoms with Gasteiger partial charge in [0.05, 0.1) is 16.5 Å². The number of benzene rings is 2. The predicted molar refractivity (Wildman–Crippen MR) is 138 cm³/mol. The Hall–Kier alpha value is -2.30. The molecule has 0 aliphatic rings. The molecule has 1 amide bonds. The number of amides is 1. The van der Waals surface area contributed by atoms with Crippen LogP contribution in [0, 0.1) is 0 Å². The Balaban J connectivity index is 1.34. The van der Waals surface area contributed by atoms with E-state index in [1.807, 2.05) is 31.5 Å². The van der Waals surface area contributed by atoms with Crippen molar-refractivity contribution in [1.82, 2.24) is 19.7 Å². The molecule has 4 rings (SSSR count). The molecule has 0 aliphatic heterocycles. The lowest BCUT2D eigenvalue weighted by molar-refractivity contribution is -0.113. The van der Waals surface area contributed by atoms with E-state index in [0.29, 0.717) is 42.6 Å². The lowest BCUT2D eigenvalue weighted by Crippen LogP contribution is -2.14. The van der Waals surface area contributed by atoms with Crippen molar-refractivity contribution in [3.63, 3.8) is 0 Å². The van der Waals surface area contributed by atoms with Crippen LogP contribution in [0.4, 0.5) is 5.13 Å². The summed E-state index contributed by atoms with van der Waals surface area (Å²) in [5.74, 6) is 1.21. The summed E-state index contributed by atoms with van der Waals surface area (Å²) in [4.78, 5) is 16.9. The van der Waals surface area contributed by atoms with Crippen LogP contribution in [-0.4, -0.2) is 31.4 Å². The number of anilines is 1. The Morgan fingerprint density at radius 3 is 2.74 bits per heavy atom. The topological polar surface area (TPSA) is 81.9 Å². The number of hydrogen-bond acceptors (Lipinski definition) is 7. The summed E-state index contributed by atoms with van der Waals surface area (Å²) in [5, 5.41) is 15.8. The molecule has 0 aliphatic carbocycles. The zero-order valence-electron chi connectivity index (χ0n) is 18.0. The molecule has 0 fully saturated rings. The van der Waals surface area contributed by atoms with Crippen LogP contribution in [0.2, 0.25) is 15.1 Å². The van der Waals surface area contributed by atoms with Crippen LogP contribution >= 0.6 is 57.9 Å². The van der Waals surface area contributed by atoms with Crippen molar-refractivity contribution in [1.29, 1.82) is 0 Å². The maximum absolute atomic E-state index is 12.5. The predicted octanol–water partition coefficient (Wildman–Crippen LogP) is 6.77. The Kier molecular flexibility index (Phi) is 8.00. The van der Waals surface area contributed by atoms with Gasteiger partial charge in [0.15, 0.2) is 22.2 Å². The SMILES string of the molecule is CC(Oc1cccc(Cl)c1)c1nnc(SCC(=O)Nc2nc(-c3ccc(Cl)cc3Cl)cs2)n1C.